The summed E-state index contributed by atoms with van der Waals surface area (Å²) in [4.78, 5) is 4.28. The molecule has 0 aliphatic carbocycles. The lowest BCUT2D eigenvalue weighted by Gasteiger charge is -2.12. The van der Waals surface area contributed by atoms with Crippen molar-refractivity contribution in [1.29, 1.82) is 0 Å². The minimum atomic E-state index is 0.449. The summed E-state index contributed by atoms with van der Waals surface area (Å²) in [7, 11) is 1.92. The van der Waals surface area contributed by atoms with Crippen LogP contribution in [0.4, 0.5) is 0 Å². The van der Waals surface area contributed by atoms with E-state index in [0.717, 1.165) is 17.0 Å². The summed E-state index contributed by atoms with van der Waals surface area (Å²) < 4.78 is 3.21. The summed E-state index contributed by atoms with van der Waals surface area (Å²) in [5.74, 6) is 1.07. The van der Waals surface area contributed by atoms with Crippen molar-refractivity contribution in [2.24, 2.45) is 0 Å². The van der Waals surface area contributed by atoms with Crippen molar-refractivity contribution >= 4 is 15.9 Å². The molecule has 0 radical (unpaired) electrons. The van der Waals surface area contributed by atoms with Crippen molar-refractivity contribution in [3.8, 4) is 0 Å². The van der Waals surface area contributed by atoms with Crippen LogP contribution in [0.3, 0.4) is 0 Å². The Morgan fingerprint density at radius 2 is 2.33 bits per heavy atom. The van der Waals surface area contributed by atoms with Crippen molar-refractivity contribution in [3.05, 3.63) is 16.6 Å². The van der Waals surface area contributed by atoms with Gasteiger partial charge in [-0.3, -0.25) is 0 Å². The van der Waals surface area contributed by atoms with Crippen LogP contribution in [0, 0.1) is 0 Å². The molecule has 0 fully saturated rings. The summed E-state index contributed by atoms with van der Waals surface area (Å²) in [5.41, 5.74) is 0. The number of hydrogen-bond donors (Lipinski definition) is 1. The lowest BCUT2D eigenvalue weighted by atomic mass is 10.4. The van der Waals surface area contributed by atoms with Crippen molar-refractivity contribution < 1.29 is 0 Å². The molecule has 0 bridgehead atoms. The van der Waals surface area contributed by atoms with Gasteiger partial charge in [0.2, 0.25) is 0 Å². The molecular weight excluding hydrogens is 218 g/mol. The number of halogens is 1. The molecule has 4 heteroatoms. The monoisotopic (exact) mass is 231 g/mol. The average molecular weight is 232 g/mol. The highest BCUT2D eigenvalue weighted by Gasteiger charge is 2.09. The topological polar surface area (TPSA) is 29.9 Å². The molecule has 68 valence electrons. The first kappa shape index (κ1) is 9.74. The Morgan fingerprint density at radius 1 is 1.67 bits per heavy atom. The zero-order valence-corrected chi connectivity index (χ0v) is 9.22. The smallest absolute Gasteiger partial charge is 0.123 e. The van der Waals surface area contributed by atoms with E-state index in [1.807, 2.05) is 13.2 Å². The van der Waals surface area contributed by atoms with E-state index in [-0.39, 0.29) is 0 Å². The number of nitrogens with one attached hydrogen (secondary N) is 1. The highest BCUT2D eigenvalue weighted by atomic mass is 79.9. The standard InChI is InChI=1S/C8H14BrN3/c1-6(2)12-7(9)4-11-8(12)5-10-3/h4,6,10H,5H2,1-3H3. The van der Waals surface area contributed by atoms with Crippen LogP contribution in [0.5, 0.6) is 0 Å². The Morgan fingerprint density at radius 3 is 2.83 bits per heavy atom. The van der Waals surface area contributed by atoms with E-state index >= 15 is 0 Å². The van der Waals surface area contributed by atoms with Gasteiger partial charge in [0.1, 0.15) is 10.4 Å². The number of imidazole rings is 1. The van der Waals surface area contributed by atoms with E-state index in [9.17, 15) is 0 Å². The fourth-order valence-electron chi connectivity index (χ4n) is 1.21. The minimum Gasteiger partial charge on any atom is -0.319 e. The lowest BCUT2D eigenvalue weighted by molar-refractivity contribution is 0.546. The minimum absolute atomic E-state index is 0.449. The maximum absolute atomic E-state index is 4.28. The predicted octanol–water partition coefficient (Wildman–Crippen LogP) is 1.95. The van der Waals surface area contributed by atoms with Gasteiger partial charge in [-0.25, -0.2) is 4.98 Å². The SMILES string of the molecule is CNCc1ncc(Br)n1C(C)C. The van der Waals surface area contributed by atoms with Gasteiger partial charge in [-0.2, -0.15) is 0 Å². The second kappa shape index (κ2) is 4.05. The van der Waals surface area contributed by atoms with E-state index in [1.165, 1.54) is 0 Å². The average Bonchev–Trinajstić information content (AvgIpc) is 2.32. The van der Waals surface area contributed by atoms with Crippen LogP contribution in [0.15, 0.2) is 10.8 Å². The molecular formula is C8H14BrN3. The molecule has 0 saturated heterocycles. The third-order valence-electron chi connectivity index (χ3n) is 1.68. The number of nitrogens with zero attached hydrogens (tertiary/aromatic N) is 2. The Hall–Kier alpha value is -0.350. The van der Waals surface area contributed by atoms with Crippen LogP contribution in [0.2, 0.25) is 0 Å². The molecule has 0 amide bonds. The summed E-state index contributed by atoms with van der Waals surface area (Å²) in [6, 6.07) is 0.449. The third kappa shape index (κ3) is 1.87. The van der Waals surface area contributed by atoms with E-state index in [2.05, 4.69) is 44.6 Å². The van der Waals surface area contributed by atoms with Crippen LogP contribution in [-0.2, 0) is 6.54 Å². The van der Waals surface area contributed by atoms with E-state index in [4.69, 9.17) is 0 Å². The van der Waals surface area contributed by atoms with E-state index in [0.29, 0.717) is 6.04 Å². The van der Waals surface area contributed by atoms with Gasteiger partial charge in [-0.15, -0.1) is 0 Å². The van der Waals surface area contributed by atoms with Gasteiger partial charge in [0, 0.05) is 6.04 Å². The van der Waals surface area contributed by atoms with Gasteiger partial charge in [-0.1, -0.05) is 0 Å². The summed E-state index contributed by atoms with van der Waals surface area (Å²) in [5, 5.41) is 3.09. The van der Waals surface area contributed by atoms with E-state index in [1.54, 1.807) is 0 Å². The summed E-state index contributed by atoms with van der Waals surface area (Å²) in [6.07, 6.45) is 1.84. The number of rotatable bonds is 3. The molecule has 12 heavy (non-hydrogen) atoms. The fraction of sp³-hybridized carbons (Fsp3) is 0.625. The molecule has 0 aliphatic heterocycles. The quantitative estimate of drug-likeness (QED) is 0.863. The predicted molar refractivity (Wildman–Crippen MR) is 53.1 cm³/mol. The zero-order chi connectivity index (χ0) is 9.14. The Balaban J connectivity index is 2.95. The first-order chi connectivity index (χ1) is 5.66. The van der Waals surface area contributed by atoms with Crippen molar-refractivity contribution in [2.75, 3.05) is 7.05 Å². The largest absolute Gasteiger partial charge is 0.319 e. The van der Waals surface area contributed by atoms with Gasteiger partial charge in [0.15, 0.2) is 0 Å². The van der Waals surface area contributed by atoms with Gasteiger partial charge >= 0.3 is 0 Å². The maximum atomic E-state index is 4.28. The maximum Gasteiger partial charge on any atom is 0.123 e. The molecule has 1 rings (SSSR count). The summed E-state index contributed by atoms with van der Waals surface area (Å²) in [6.45, 7) is 5.10. The fourth-order valence-corrected chi connectivity index (χ4v) is 1.93. The highest BCUT2D eigenvalue weighted by Crippen LogP contribution is 2.18. The van der Waals surface area contributed by atoms with Crippen molar-refractivity contribution in [2.45, 2.75) is 26.4 Å². The zero-order valence-electron chi connectivity index (χ0n) is 7.63. The number of aromatic nitrogens is 2. The van der Waals surface area contributed by atoms with Gasteiger partial charge < -0.3 is 9.88 Å². The van der Waals surface area contributed by atoms with E-state index < -0.39 is 0 Å². The molecule has 0 aliphatic rings. The lowest BCUT2D eigenvalue weighted by Crippen LogP contribution is -2.13. The van der Waals surface area contributed by atoms with Crippen LogP contribution < -0.4 is 5.32 Å². The normalized spacial score (nSPS) is 11.1. The van der Waals surface area contributed by atoms with Crippen LogP contribution in [0.25, 0.3) is 0 Å². The Labute approximate surface area is 81.3 Å². The molecule has 0 atom stereocenters. The second-order valence-electron chi connectivity index (χ2n) is 2.99. The Kier molecular flexibility index (Phi) is 3.29. The molecule has 3 nitrogen and oxygen atoms in total. The summed E-state index contributed by atoms with van der Waals surface area (Å²) >= 11 is 3.46. The molecule has 1 aromatic rings. The van der Waals surface area contributed by atoms with Gasteiger partial charge in [0.05, 0.1) is 12.7 Å². The molecule has 1 aromatic heterocycles. The van der Waals surface area contributed by atoms with Crippen LogP contribution in [0.1, 0.15) is 25.7 Å². The molecule has 0 saturated carbocycles. The Bertz CT molecular complexity index is 255. The van der Waals surface area contributed by atoms with Gasteiger partial charge in [-0.05, 0) is 36.8 Å². The molecule has 0 spiro atoms. The third-order valence-corrected chi connectivity index (χ3v) is 2.27. The molecule has 1 N–H and O–H groups in total. The van der Waals surface area contributed by atoms with Crippen LogP contribution >= 0.6 is 15.9 Å². The first-order valence-electron chi connectivity index (χ1n) is 4.03. The van der Waals surface area contributed by atoms with Crippen molar-refractivity contribution in [3.63, 3.8) is 0 Å². The van der Waals surface area contributed by atoms with Gasteiger partial charge in [0.25, 0.3) is 0 Å². The highest BCUT2D eigenvalue weighted by molar-refractivity contribution is 9.10. The molecule has 0 unspecified atom stereocenters. The van der Waals surface area contributed by atoms with Crippen molar-refractivity contribution in [1.82, 2.24) is 14.9 Å². The van der Waals surface area contributed by atoms with Crippen LogP contribution in [-0.4, -0.2) is 16.6 Å². The first-order valence-corrected chi connectivity index (χ1v) is 4.82. The number of hydrogen-bond acceptors (Lipinski definition) is 2. The molecule has 0 aromatic carbocycles. The molecule has 1 heterocycles. The second-order valence-corrected chi connectivity index (χ2v) is 3.80.